The molecule has 0 heterocycles. The molecule has 1 aliphatic rings. The fourth-order valence-corrected chi connectivity index (χ4v) is 3.29. The second-order valence-corrected chi connectivity index (χ2v) is 6.38. The molecular weight excluding hydrogens is 331 g/mol. The maximum atomic E-state index is 3.88. The predicted octanol–water partition coefficient (Wildman–Crippen LogP) is 5.72. The fourth-order valence-electron chi connectivity index (χ4n) is 2.85. The Labute approximate surface area is 126 Å². The van der Waals surface area contributed by atoms with Crippen LogP contribution in [0.5, 0.6) is 0 Å². The zero-order valence-electron chi connectivity index (χ0n) is 12.0. The van der Waals surface area contributed by atoms with E-state index in [0.29, 0.717) is 11.8 Å². The van der Waals surface area contributed by atoms with Crippen molar-refractivity contribution in [3.63, 3.8) is 0 Å². The molecule has 0 aliphatic heterocycles. The molecule has 18 heavy (non-hydrogen) atoms. The van der Waals surface area contributed by atoms with Gasteiger partial charge in [0.15, 0.2) is 0 Å². The lowest BCUT2D eigenvalue weighted by Gasteiger charge is -2.26. The quantitative estimate of drug-likeness (QED) is 0.343. The van der Waals surface area contributed by atoms with Crippen LogP contribution in [0.3, 0.4) is 0 Å². The average Bonchev–Trinajstić information content (AvgIpc) is 2.50. The van der Waals surface area contributed by atoms with Gasteiger partial charge in [0.25, 0.3) is 0 Å². The Bertz CT molecular complexity index is 382. The Balaban J connectivity index is 3.28. The molecule has 2 atom stereocenters. The first-order valence-electron chi connectivity index (χ1n) is 6.76. The van der Waals surface area contributed by atoms with Gasteiger partial charge in [0, 0.05) is 10.3 Å². The Morgan fingerprint density at radius 3 is 2.56 bits per heavy atom. The Hall–Kier alpha value is -0.310. The molecule has 100 valence electrons. The second-order valence-electron chi connectivity index (χ2n) is 5.50. The molecule has 1 rings (SSSR count). The molecule has 0 spiro atoms. The lowest BCUT2D eigenvalue weighted by molar-refractivity contribution is 0.298. The highest BCUT2D eigenvalue weighted by atomic mass is 127. The molecule has 0 aromatic heterocycles. The molecule has 1 saturated carbocycles. The Morgan fingerprint density at radius 2 is 2.06 bits per heavy atom. The average molecular weight is 356 g/mol. The Morgan fingerprint density at radius 1 is 1.39 bits per heavy atom. The summed E-state index contributed by atoms with van der Waals surface area (Å²) in [6.45, 7) is 13.2. The molecule has 0 aromatic rings. The molecule has 0 radical (unpaired) electrons. The van der Waals surface area contributed by atoms with Crippen LogP contribution in [0, 0.1) is 17.3 Å². The van der Waals surface area contributed by atoms with Gasteiger partial charge < -0.3 is 0 Å². The molecule has 1 fully saturated rings. The van der Waals surface area contributed by atoms with E-state index in [4.69, 9.17) is 0 Å². The van der Waals surface area contributed by atoms with Crippen LogP contribution >= 0.6 is 22.6 Å². The first-order chi connectivity index (χ1) is 8.50. The molecule has 0 amide bonds. The van der Waals surface area contributed by atoms with Crippen molar-refractivity contribution in [3.05, 3.63) is 48.1 Å². The minimum absolute atomic E-state index is 0.253. The first kappa shape index (κ1) is 15.7. The summed E-state index contributed by atoms with van der Waals surface area (Å²) in [7, 11) is 0. The van der Waals surface area contributed by atoms with Crippen LogP contribution in [0.2, 0.25) is 0 Å². The van der Waals surface area contributed by atoms with Gasteiger partial charge in [0.05, 0.1) is 0 Å². The van der Waals surface area contributed by atoms with E-state index in [1.807, 2.05) is 6.08 Å². The highest BCUT2D eigenvalue weighted by Gasteiger charge is 2.44. The van der Waals surface area contributed by atoms with Crippen LogP contribution in [-0.4, -0.2) is 4.43 Å². The van der Waals surface area contributed by atoms with Crippen molar-refractivity contribution in [2.45, 2.75) is 34.1 Å². The Kier molecular flexibility index (Phi) is 5.90. The van der Waals surface area contributed by atoms with E-state index < -0.39 is 0 Å². The number of alkyl halides is 1. The van der Waals surface area contributed by atoms with E-state index in [1.54, 1.807) is 0 Å². The molecule has 0 aromatic carbocycles. The van der Waals surface area contributed by atoms with Gasteiger partial charge in [-0.25, -0.2) is 0 Å². The molecule has 0 saturated heterocycles. The van der Waals surface area contributed by atoms with E-state index in [2.05, 4.69) is 81.2 Å². The van der Waals surface area contributed by atoms with E-state index >= 15 is 0 Å². The monoisotopic (exact) mass is 356 g/mol. The summed E-state index contributed by atoms with van der Waals surface area (Å²) >= 11 is 2.43. The summed E-state index contributed by atoms with van der Waals surface area (Å²) in [6.07, 6.45) is 12.3. The van der Waals surface area contributed by atoms with E-state index in [1.165, 1.54) is 11.1 Å². The van der Waals surface area contributed by atoms with Crippen LogP contribution in [0.1, 0.15) is 34.1 Å². The van der Waals surface area contributed by atoms with Crippen molar-refractivity contribution in [2.24, 2.45) is 17.3 Å². The third-order valence-electron chi connectivity index (χ3n) is 4.20. The molecule has 1 heteroatoms. The van der Waals surface area contributed by atoms with Gasteiger partial charge in [0.1, 0.15) is 0 Å². The topological polar surface area (TPSA) is 0 Å². The van der Waals surface area contributed by atoms with Gasteiger partial charge in [-0.05, 0) is 28.9 Å². The fraction of sp³-hybridized carbons (Fsp3) is 0.529. The standard InChI is InChI=1S/C17H25I/c1-6-8-10-14-13(3)17(4,5)16(11-12-18)15(14)9-7-2/h7-11,13-14H,2,6,12H2,1,3-5H3/b10-8-,15-9-,16-11+. The van der Waals surface area contributed by atoms with Crippen LogP contribution in [0.25, 0.3) is 0 Å². The summed E-state index contributed by atoms with van der Waals surface area (Å²) in [5, 5.41) is 0. The predicted molar refractivity (Wildman–Crippen MR) is 91.1 cm³/mol. The van der Waals surface area contributed by atoms with E-state index in [-0.39, 0.29) is 5.41 Å². The molecule has 2 unspecified atom stereocenters. The summed E-state index contributed by atoms with van der Waals surface area (Å²) < 4.78 is 1.07. The maximum Gasteiger partial charge on any atom is 0.0181 e. The van der Waals surface area contributed by atoms with Crippen LogP contribution < -0.4 is 0 Å². The van der Waals surface area contributed by atoms with Crippen molar-refractivity contribution < 1.29 is 0 Å². The summed E-state index contributed by atoms with van der Waals surface area (Å²) in [5.74, 6) is 1.17. The molecular formula is C17H25I. The highest BCUT2D eigenvalue weighted by Crippen LogP contribution is 2.54. The minimum Gasteiger partial charge on any atom is -0.0991 e. The van der Waals surface area contributed by atoms with Crippen LogP contribution in [-0.2, 0) is 0 Å². The lowest BCUT2D eigenvalue weighted by atomic mass is 9.78. The SMILES string of the molecule is C=C/C=C1\C(=C/CI)C(C)(C)C(C)C1/C=C\CC. The van der Waals surface area contributed by atoms with E-state index in [0.717, 1.165) is 10.8 Å². The van der Waals surface area contributed by atoms with Crippen molar-refractivity contribution in [1.29, 1.82) is 0 Å². The summed E-state index contributed by atoms with van der Waals surface area (Å²) in [4.78, 5) is 0. The maximum absolute atomic E-state index is 3.88. The number of hydrogen-bond donors (Lipinski definition) is 0. The third kappa shape index (κ3) is 2.98. The minimum atomic E-state index is 0.253. The smallest absolute Gasteiger partial charge is 0.0181 e. The first-order valence-corrected chi connectivity index (χ1v) is 8.29. The zero-order valence-corrected chi connectivity index (χ0v) is 14.2. The van der Waals surface area contributed by atoms with Gasteiger partial charge in [-0.3, -0.25) is 0 Å². The molecule has 0 nitrogen and oxygen atoms in total. The van der Waals surface area contributed by atoms with Gasteiger partial charge in [-0.1, -0.05) is 87.2 Å². The normalized spacial score (nSPS) is 31.6. The summed E-state index contributed by atoms with van der Waals surface area (Å²) in [5.41, 5.74) is 3.22. The zero-order chi connectivity index (χ0) is 13.8. The highest BCUT2D eigenvalue weighted by molar-refractivity contribution is 14.1. The van der Waals surface area contributed by atoms with Crippen molar-refractivity contribution >= 4 is 22.6 Å². The number of hydrogen-bond acceptors (Lipinski definition) is 0. The lowest BCUT2D eigenvalue weighted by Crippen LogP contribution is -2.19. The summed E-state index contributed by atoms with van der Waals surface area (Å²) in [6, 6.07) is 0. The van der Waals surface area contributed by atoms with Crippen molar-refractivity contribution in [1.82, 2.24) is 0 Å². The van der Waals surface area contributed by atoms with Crippen LogP contribution in [0.4, 0.5) is 0 Å². The number of allylic oxidation sites excluding steroid dienone is 7. The molecule has 0 bridgehead atoms. The second kappa shape index (κ2) is 6.74. The van der Waals surface area contributed by atoms with Gasteiger partial charge in [0.2, 0.25) is 0 Å². The number of rotatable bonds is 4. The van der Waals surface area contributed by atoms with Crippen LogP contribution in [0.15, 0.2) is 48.1 Å². The van der Waals surface area contributed by atoms with Gasteiger partial charge >= 0.3 is 0 Å². The number of halogens is 1. The largest absolute Gasteiger partial charge is 0.0991 e. The van der Waals surface area contributed by atoms with Gasteiger partial charge in [-0.15, -0.1) is 0 Å². The van der Waals surface area contributed by atoms with Gasteiger partial charge in [-0.2, -0.15) is 0 Å². The molecule has 1 aliphatic carbocycles. The van der Waals surface area contributed by atoms with Crippen molar-refractivity contribution in [3.8, 4) is 0 Å². The van der Waals surface area contributed by atoms with Crippen molar-refractivity contribution in [2.75, 3.05) is 4.43 Å². The van der Waals surface area contributed by atoms with E-state index in [9.17, 15) is 0 Å². The third-order valence-corrected chi connectivity index (χ3v) is 4.64. The molecule has 0 N–H and O–H groups in total.